The van der Waals surface area contributed by atoms with Crippen LogP contribution in [-0.2, 0) is 11.3 Å². The monoisotopic (exact) mass is 430 g/mol. The Morgan fingerprint density at radius 3 is 2.24 bits per heavy atom. The summed E-state index contributed by atoms with van der Waals surface area (Å²) in [5.41, 5.74) is 9.17. The third-order valence-corrected chi connectivity index (χ3v) is 5.66. The predicted octanol–water partition coefficient (Wildman–Crippen LogP) is 4.57. The van der Waals surface area contributed by atoms with E-state index in [1.807, 2.05) is 84.4 Å². The summed E-state index contributed by atoms with van der Waals surface area (Å²) in [5.74, 6) is -0.463. The van der Waals surface area contributed by atoms with E-state index in [0.29, 0.717) is 6.54 Å². The van der Waals surface area contributed by atoms with Gasteiger partial charge in [-0.15, -0.1) is 12.4 Å². The number of aliphatic hydroxyl groups excluding tert-OH is 1. The molecule has 154 valence electrons. The summed E-state index contributed by atoms with van der Waals surface area (Å²) in [6.45, 7) is 2.53. The summed E-state index contributed by atoms with van der Waals surface area (Å²) in [7, 11) is 0. The molecule has 2 aromatic carbocycles. The molecular weight excluding hydrogens is 404 g/mol. The molecule has 1 amide bonds. The van der Waals surface area contributed by atoms with E-state index >= 15 is 0 Å². The van der Waals surface area contributed by atoms with Crippen LogP contribution in [0, 0.1) is 5.92 Å². The Bertz CT molecular complexity index is 859. The van der Waals surface area contributed by atoms with Gasteiger partial charge in [-0.2, -0.15) is 11.3 Å². The SMILES string of the molecule is CC(C(=O)N(Cc1ccccc1)CC(O)c1ccsc1)C(N)c1ccccc1.Cl. The Kier molecular flexibility index (Phi) is 8.86. The van der Waals surface area contributed by atoms with Crippen molar-refractivity contribution in [3.05, 3.63) is 94.2 Å². The minimum absolute atomic E-state index is 0. The molecule has 29 heavy (non-hydrogen) atoms. The Morgan fingerprint density at radius 1 is 1.03 bits per heavy atom. The van der Waals surface area contributed by atoms with Crippen molar-refractivity contribution in [1.29, 1.82) is 0 Å². The van der Waals surface area contributed by atoms with Gasteiger partial charge in [-0.1, -0.05) is 67.6 Å². The van der Waals surface area contributed by atoms with Gasteiger partial charge in [0.2, 0.25) is 5.91 Å². The zero-order chi connectivity index (χ0) is 19.9. The number of hydrogen-bond acceptors (Lipinski definition) is 4. The molecule has 3 unspecified atom stereocenters. The standard InChI is InChI=1S/C23H26N2O2S.ClH/c1-17(22(24)19-10-6-3-7-11-19)23(27)25(14-18-8-4-2-5-9-18)15-21(26)20-12-13-28-16-20;/h2-13,16-17,21-22,26H,14-15,24H2,1H3;1H. The molecule has 6 heteroatoms. The van der Waals surface area contributed by atoms with Crippen molar-refractivity contribution in [2.24, 2.45) is 11.7 Å². The molecule has 3 rings (SSSR count). The van der Waals surface area contributed by atoms with Crippen LogP contribution >= 0.6 is 23.7 Å². The van der Waals surface area contributed by atoms with Gasteiger partial charge in [-0.3, -0.25) is 4.79 Å². The van der Waals surface area contributed by atoms with E-state index in [9.17, 15) is 9.90 Å². The summed E-state index contributed by atoms with van der Waals surface area (Å²) in [6.07, 6.45) is -0.723. The lowest BCUT2D eigenvalue weighted by Gasteiger charge is -2.30. The number of carbonyl (C=O) groups is 1. The van der Waals surface area contributed by atoms with Gasteiger partial charge in [0, 0.05) is 12.6 Å². The summed E-state index contributed by atoms with van der Waals surface area (Å²) in [6, 6.07) is 21.0. The third-order valence-electron chi connectivity index (χ3n) is 4.96. The van der Waals surface area contributed by atoms with E-state index in [1.54, 1.807) is 4.90 Å². The smallest absolute Gasteiger partial charge is 0.227 e. The first-order valence-corrected chi connectivity index (χ1v) is 10.3. The normalized spacial score (nSPS) is 13.8. The number of carbonyl (C=O) groups excluding carboxylic acids is 1. The van der Waals surface area contributed by atoms with E-state index in [4.69, 9.17) is 5.73 Å². The van der Waals surface area contributed by atoms with E-state index in [1.165, 1.54) is 11.3 Å². The quantitative estimate of drug-likeness (QED) is 0.550. The topological polar surface area (TPSA) is 66.6 Å². The predicted molar refractivity (Wildman–Crippen MR) is 121 cm³/mol. The second-order valence-corrected chi connectivity index (χ2v) is 7.78. The molecule has 3 aromatic rings. The number of thiophene rings is 1. The summed E-state index contributed by atoms with van der Waals surface area (Å²) < 4.78 is 0. The number of benzene rings is 2. The average Bonchev–Trinajstić information content (AvgIpc) is 3.28. The van der Waals surface area contributed by atoms with Crippen LogP contribution in [0.25, 0.3) is 0 Å². The molecule has 4 nitrogen and oxygen atoms in total. The maximum Gasteiger partial charge on any atom is 0.227 e. The molecular formula is C23H27ClN2O2S. The Labute approximate surface area is 182 Å². The molecule has 0 spiro atoms. The van der Waals surface area contributed by atoms with E-state index < -0.39 is 18.1 Å². The van der Waals surface area contributed by atoms with Crippen molar-refractivity contribution < 1.29 is 9.90 Å². The van der Waals surface area contributed by atoms with Crippen molar-refractivity contribution in [2.75, 3.05) is 6.54 Å². The van der Waals surface area contributed by atoms with Gasteiger partial charge in [-0.05, 0) is 33.5 Å². The highest BCUT2D eigenvalue weighted by Crippen LogP contribution is 2.24. The molecule has 0 aliphatic carbocycles. The van der Waals surface area contributed by atoms with E-state index in [0.717, 1.165) is 16.7 Å². The fourth-order valence-corrected chi connectivity index (χ4v) is 3.93. The van der Waals surface area contributed by atoms with Gasteiger partial charge in [0.15, 0.2) is 0 Å². The first-order chi connectivity index (χ1) is 13.6. The molecule has 0 saturated heterocycles. The van der Waals surface area contributed by atoms with Crippen LogP contribution in [0.4, 0.5) is 0 Å². The first-order valence-electron chi connectivity index (χ1n) is 9.39. The Balaban J connectivity index is 0.00000300. The molecule has 1 heterocycles. The highest BCUT2D eigenvalue weighted by molar-refractivity contribution is 7.07. The van der Waals surface area contributed by atoms with Gasteiger partial charge in [-0.25, -0.2) is 0 Å². The molecule has 1 aromatic heterocycles. The molecule has 3 atom stereocenters. The Hall–Kier alpha value is -2.18. The molecule has 3 N–H and O–H groups in total. The summed E-state index contributed by atoms with van der Waals surface area (Å²) >= 11 is 1.53. The fourth-order valence-electron chi connectivity index (χ4n) is 3.22. The van der Waals surface area contributed by atoms with Gasteiger partial charge in [0.1, 0.15) is 0 Å². The highest BCUT2D eigenvalue weighted by atomic mass is 35.5. The van der Waals surface area contributed by atoms with Crippen molar-refractivity contribution in [2.45, 2.75) is 25.6 Å². The maximum atomic E-state index is 13.3. The molecule has 0 radical (unpaired) electrons. The zero-order valence-electron chi connectivity index (χ0n) is 16.3. The number of nitrogens with two attached hydrogens (primary N) is 1. The number of rotatable bonds is 8. The average molecular weight is 431 g/mol. The third kappa shape index (κ3) is 6.15. The lowest BCUT2D eigenvalue weighted by molar-refractivity contribution is -0.138. The van der Waals surface area contributed by atoms with Crippen molar-refractivity contribution >= 4 is 29.7 Å². The zero-order valence-corrected chi connectivity index (χ0v) is 18.0. The van der Waals surface area contributed by atoms with Crippen LogP contribution in [0.1, 0.15) is 35.8 Å². The summed E-state index contributed by atoms with van der Waals surface area (Å²) in [4.78, 5) is 15.0. The van der Waals surface area contributed by atoms with E-state index in [-0.39, 0.29) is 24.9 Å². The van der Waals surface area contributed by atoms with Gasteiger partial charge < -0.3 is 15.7 Å². The van der Waals surface area contributed by atoms with Crippen LogP contribution in [0.5, 0.6) is 0 Å². The van der Waals surface area contributed by atoms with Crippen LogP contribution in [-0.4, -0.2) is 22.5 Å². The van der Waals surface area contributed by atoms with Crippen molar-refractivity contribution in [1.82, 2.24) is 4.90 Å². The maximum absolute atomic E-state index is 13.3. The van der Waals surface area contributed by atoms with Crippen molar-refractivity contribution in [3.8, 4) is 0 Å². The molecule has 0 aliphatic rings. The highest BCUT2D eigenvalue weighted by Gasteiger charge is 2.28. The number of amides is 1. The molecule has 0 bridgehead atoms. The molecule has 0 fully saturated rings. The van der Waals surface area contributed by atoms with Gasteiger partial charge in [0.25, 0.3) is 0 Å². The second-order valence-electron chi connectivity index (χ2n) is 7.00. The van der Waals surface area contributed by atoms with Gasteiger partial charge in [0.05, 0.1) is 18.6 Å². The molecule has 0 aliphatic heterocycles. The minimum Gasteiger partial charge on any atom is -0.387 e. The summed E-state index contributed by atoms with van der Waals surface area (Å²) in [5, 5.41) is 14.5. The number of halogens is 1. The minimum atomic E-state index is -0.723. The second kappa shape index (κ2) is 11.1. The van der Waals surface area contributed by atoms with Crippen LogP contribution in [0.2, 0.25) is 0 Å². The number of hydrogen-bond donors (Lipinski definition) is 2. The van der Waals surface area contributed by atoms with Crippen LogP contribution in [0.15, 0.2) is 77.5 Å². The number of nitrogens with zero attached hydrogens (tertiary/aromatic N) is 1. The Morgan fingerprint density at radius 2 is 1.66 bits per heavy atom. The van der Waals surface area contributed by atoms with Crippen LogP contribution in [0.3, 0.4) is 0 Å². The fraction of sp³-hybridized carbons (Fsp3) is 0.261. The molecule has 0 saturated carbocycles. The van der Waals surface area contributed by atoms with E-state index in [2.05, 4.69) is 0 Å². The van der Waals surface area contributed by atoms with Gasteiger partial charge >= 0.3 is 0 Å². The lowest BCUT2D eigenvalue weighted by Crippen LogP contribution is -2.41. The first kappa shape index (κ1) is 23.1. The largest absolute Gasteiger partial charge is 0.387 e. The lowest BCUT2D eigenvalue weighted by atomic mass is 9.93. The van der Waals surface area contributed by atoms with Crippen LogP contribution < -0.4 is 5.73 Å². The van der Waals surface area contributed by atoms with Crippen molar-refractivity contribution in [3.63, 3.8) is 0 Å². The number of aliphatic hydroxyl groups is 1.